The molecule has 2 rings (SSSR count). The molecule has 2 nitrogen and oxygen atoms in total. The van der Waals surface area contributed by atoms with Crippen molar-refractivity contribution < 1.29 is 4.79 Å². The molecule has 0 saturated heterocycles. The minimum absolute atomic E-state index is 0.122. The second kappa shape index (κ2) is 10.3. The lowest BCUT2D eigenvalue weighted by molar-refractivity contribution is -0.121. The highest BCUT2D eigenvalue weighted by atomic mass is 35.5. The average Bonchev–Trinajstić information content (AvgIpc) is 2.49. The van der Waals surface area contributed by atoms with Gasteiger partial charge in [0.05, 0.1) is 0 Å². The summed E-state index contributed by atoms with van der Waals surface area (Å²) < 4.78 is 0. The predicted molar refractivity (Wildman–Crippen MR) is 86.8 cm³/mol. The molecule has 1 saturated carbocycles. The number of alkyl halides is 2. The Kier molecular flexibility index (Phi) is 9.08. The van der Waals surface area contributed by atoms with Crippen LogP contribution in [0.4, 0.5) is 0 Å². The summed E-state index contributed by atoms with van der Waals surface area (Å²) in [6.45, 7) is 0. The normalized spacial score (nSPS) is 16.8. The van der Waals surface area contributed by atoms with E-state index in [1.165, 1.54) is 19.3 Å². The van der Waals surface area contributed by atoms with Crippen molar-refractivity contribution in [3.05, 3.63) is 35.4 Å². The molecule has 1 aromatic rings. The lowest BCUT2D eigenvalue weighted by Gasteiger charge is -2.23. The van der Waals surface area contributed by atoms with Gasteiger partial charge in [-0.05, 0) is 25.0 Å². The van der Waals surface area contributed by atoms with E-state index in [4.69, 9.17) is 34.8 Å². The SMILES string of the molecule is Clc1ccccc1.O=C(NC1CCCCC1)C(Cl)CCl. The molecule has 112 valence electrons. The molecule has 1 aliphatic rings. The Balaban J connectivity index is 0.000000240. The highest BCUT2D eigenvalue weighted by Gasteiger charge is 2.19. The number of hydrogen-bond acceptors (Lipinski definition) is 1. The largest absolute Gasteiger partial charge is 0.352 e. The van der Waals surface area contributed by atoms with Crippen LogP contribution in [0.25, 0.3) is 0 Å². The summed E-state index contributed by atoms with van der Waals surface area (Å²) in [5.74, 6) is 0.0590. The molecule has 0 aromatic heterocycles. The lowest BCUT2D eigenvalue weighted by atomic mass is 9.95. The number of benzene rings is 1. The standard InChI is InChI=1S/C9H15Cl2NO.C6H5Cl/c10-6-8(11)9(13)12-7-4-2-1-3-5-7;7-6-4-2-1-3-5-6/h7-8H,1-6H2,(H,12,13);1-5H. The average molecular weight is 337 g/mol. The highest BCUT2D eigenvalue weighted by molar-refractivity contribution is 6.36. The molecule has 1 unspecified atom stereocenters. The van der Waals surface area contributed by atoms with E-state index >= 15 is 0 Å². The summed E-state index contributed by atoms with van der Waals surface area (Å²) in [5.41, 5.74) is 0. The Bertz CT molecular complexity index is 380. The number of nitrogens with one attached hydrogen (secondary N) is 1. The molecule has 1 fully saturated rings. The highest BCUT2D eigenvalue weighted by Crippen LogP contribution is 2.17. The number of hydrogen-bond donors (Lipinski definition) is 1. The zero-order valence-electron chi connectivity index (χ0n) is 11.3. The summed E-state index contributed by atoms with van der Waals surface area (Å²) in [4.78, 5) is 11.3. The van der Waals surface area contributed by atoms with Crippen LogP contribution in [0.5, 0.6) is 0 Å². The Labute approximate surface area is 135 Å². The molecule has 0 aliphatic heterocycles. The molecule has 1 N–H and O–H groups in total. The van der Waals surface area contributed by atoms with Crippen molar-refractivity contribution in [2.45, 2.75) is 43.5 Å². The van der Waals surface area contributed by atoms with Gasteiger partial charge in [-0.25, -0.2) is 0 Å². The van der Waals surface area contributed by atoms with Crippen LogP contribution in [0.3, 0.4) is 0 Å². The van der Waals surface area contributed by atoms with E-state index in [1.807, 2.05) is 30.3 Å². The van der Waals surface area contributed by atoms with Crippen LogP contribution in [0, 0.1) is 0 Å². The number of amides is 1. The van der Waals surface area contributed by atoms with E-state index in [0.29, 0.717) is 6.04 Å². The number of halogens is 3. The maximum Gasteiger partial charge on any atom is 0.239 e. The smallest absolute Gasteiger partial charge is 0.239 e. The first-order chi connectivity index (χ1) is 9.63. The van der Waals surface area contributed by atoms with Gasteiger partial charge in [0.25, 0.3) is 0 Å². The minimum atomic E-state index is -0.580. The first-order valence-electron chi connectivity index (χ1n) is 6.84. The van der Waals surface area contributed by atoms with E-state index in [0.717, 1.165) is 17.9 Å². The van der Waals surface area contributed by atoms with E-state index in [2.05, 4.69) is 5.32 Å². The maximum absolute atomic E-state index is 11.3. The fraction of sp³-hybridized carbons (Fsp3) is 0.533. The fourth-order valence-corrected chi connectivity index (χ4v) is 2.37. The van der Waals surface area contributed by atoms with Crippen LogP contribution in [-0.4, -0.2) is 23.2 Å². The Hall–Kier alpha value is -0.440. The monoisotopic (exact) mass is 335 g/mol. The van der Waals surface area contributed by atoms with Crippen LogP contribution >= 0.6 is 34.8 Å². The van der Waals surface area contributed by atoms with Crippen LogP contribution in [0.2, 0.25) is 5.02 Å². The summed E-state index contributed by atoms with van der Waals surface area (Å²) in [6, 6.07) is 9.77. The number of rotatable bonds is 3. The third-order valence-corrected chi connectivity index (χ3v) is 4.18. The fourth-order valence-electron chi connectivity index (χ4n) is 2.02. The molecule has 0 bridgehead atoms. The second-order valence-corrected chi connectivity index (χ2v) is 6.03. The molecule has 0 radical (unpaired) electrons. The molecule has 1 atom stereocenters. The third kappa shape index (κ3) is 7.37. The van der Waals surface area contributed by atoms with Gasteiger partial charge >= 0.3 is 0 Å². The topological polar surface area (TPSA) is 29.1 Å². The summed E-state index contributed by atoms with van der Waals surface area (Å²) in [6.07, 6.45) is 5.86. The molecule has 1 aromatic carbocycles. The zero-order chi connectivity index (χ0) is 14.8. The van der Waals surface area contributed by atoms with Gasteiger partial charge in [-0.1, -0.05) is 49.1 Å². The predicted octanol–water partition coefficient (Wildman–Crippen LogP) is 4.62. The molecular formula is C15H20Cl3NO. The van der Waals surface area contributed by atoms with Crippen LogP contribution < -0.4 is 5.32 Å². The van der Waals surface area contributed by atoms with Crippen molar-refractivity contribution in [1.82, 2.24) is 5.32 Å². The Morgan fingerprint density at radius 1 is 1.20 bits per heavy atom. The van der Waals surface area contributed by atoms with Crippen LogP contribution in [-0.2, 0) is 4.79 Å². The van der Waals surface area contributed by atoms with Gasteiger partial charge in [0.15, 0.2) is 0 Å². The third-order valence-electron chi connectivity index (χ3n) is 3.10. The quantitative estimate of drug-likeness (QED) is 0.802. The van der Waals surface area contributed by atoms with E-state index in [-0.39, 0.29) is 11.8 Å². The summed E-state index contributed by atoms with van der Waals surface area (Å²) >= 11 is 16.7. The van der Waals surface area contributed by atoms with Gasteiger partial charge in [-0.15, -0.1) is 23.2 Å². The lowest BCUT2D eigenvalue weighted by Crippen LogP contribution is -2.41. The minimum Gasteiger partial charge on any atom is -0.352 e. The zero-order valence-corrected chi connectivity index (χ0v) is 13.6. The van der Waals surface area contributed by atoms with Gasteiger partial charge in [0.2, 0.25) is 5.91 Å². The summed E-state index contributed by atoms with van der Waals surface area (Å²) in [7, 11) is 0. The molecule has 0 spiro atoms. The van der Waals surface area contributed by atoms with Gasteiger partial charge in [0, 0.05) is 16.9 Å². The van der Waals surface area contributed by atoms with E-state index in [1.54, 1.807) is 0 Å². The van der Waals surface area contributed by atoms with Gasteiger partial charge in [-0.3, -0.25) is 4.79 Å². The van der Waals surface area contributed by atoms with Gasteiger partial charge in [-0.2, -0.15) is 0 Å². The van der Waals surface area contributed by atoms with Crippen LogP contribution in [0.15, 0.2) is 30.3 Å². The molecular weight excluding hydrogens is 317 g/mol. The molecule has 1 amide bonds. The van der Waals surface area contributed by atoms with Crippen molar-refractivity contribution in [1.29, 1.82) is 0 Å². The van der Waals surface area contributed by atoms with Crippen molar-refractivity contribution in [3.8, 4) is 0 Å². The van der Waals surface area contributed by atoms with Crippen molar-refractivity contribution in [2.75, 3.05) is 5.88 Å². The molecule has 0 heterocycles. The van der Waals surface area contributed by atoms with Crippen LogP contribution in [0.1, 0.15) is 32.1 Å². The maximum atomic E-state index is 11.3. The summed E-state index contributed by atoms with van der Waals surface area (Å²) in [5, 5.41) is 3.13. The molecule has 5 heteroatoms. The van der Waals surface area contributed by atoms with Crippen molar-refractivity contribution in [3.63, 3.8) is 0 Å². The molecule has 20 heavy (non-hydrogen) atoms. The Morgan fingerprint density at radius 2 is 1.80 bits per heavy atom. The Morgan fingerprint density at radius 3 is 2.25 bits per heavy atom. The first-order valence-corrected chi connectivity index (χ1v) is 8.19. The van der Waals surface area contributed by atoms with E-state index in [9.17, 15) is 4.79 Å². The van der Waals surface area contributed by atoms with Gasteiger partial charge < -0.3 is 5.32 Å². The van der Waals surface area contributed by atoms with Gasteiger partial charge in [0.1, 0.15) is 5.38 Å². The number of carbonyl (C=O) groups is 1. The second-order valence-electron chi connectivity index (χ2n) is 4.76. The molecule has 1 aliphatic carbocycles. The first kappa shape index (κ1) is 17.6. The van der Waals surface area contributed by atoms with E-state index < -0.39 is 5.38 Å². The van der Waals surface area contributed by atoms with Crippen molar-refractivity contribution >= 4 is 40.7 Å². The van der Waals surface area contributed by atoms with Crippen molar-refractivity contribution in [2.24, 2.45) is 0 Å². The number of carbonyl (C=O) groups excluding carboxylic acids is 1.